The number of nitrogens with zero attached hydrogens (tertiary/aromatic N) is 2. The maximum atomic E-state index is 13.5. The van der Waals surface area contributed by atoms with E-state index in [2.05, 4.69) is 4.72 Å². The van der Waals surface area contributed by atoms with Crippen LogP contribution in [0.1, 0.15) is 28.8 Å². The van der Waals surface area contributed by atoms with Crippen LogP contribution in [0, 0.1) is 15.9 Å². The molecule has 0 aliphatic carbocycles. The number of amides is 1. The number of anilines is 1. The largest absolute Gasteiger partial charge is 0.335 e. The van der Waals surface area contributed by atoms with Gasteiger partial charge in [-0.15, -0.1) is 0 Å². The lowest BCUT2D eigenvalue weighted by molar-refractivity contribution is -0.385. The predicted octanol–water partition coefficient (Wildman–Crippen LogP) is 4.38. The number of nitro groups is 1. The molecular formula is C24H22FN3O5S. The molecule has 1 amide bonds. The van der Waals surface area contributed by atoms with Crippen molar-refractivity contribution in [3.8, 4) is 0 Å². The number of rotatable bonds is 7. The number of non-ortho nitro benzene ring substituents is 1. The summed E-state index contributed by atoms with van der Waals surface area (Å²) < 4.78 is 41.1. The van der Waals surface area contributed by atoms with Crippen molar-refractivity contribution in [3.05, 3.63) is 99.9 Å². The van der Waals surface area contributed by atoms with Crippen molar-refractivity contribution in [1.29, 1.82) is 0 Å². The van der Waals surface area contributed by atoms with Crippen molar-refractivity contribution in [2.45, 2.75) is 30.2 Å². The molecule has 0 bridgehead atoms. The molecule has 34 heavy (non-hydrogen) atoms. The minimum absolute atomic E-state index is 0.0404. The van der Waals surface area contributed by atoms with Crippen molar-refractivity contribution in [1.82, 2.24) is 4.90 Å². The van der Waals surface area contributed by atoms with Crippen LogP contribution in [0.15, 0.2) is 77.7 Å². The normalized spacial score (nSPS) is 15.8. The van der Waals surface area contributed by atoms with E-state index in [1.807, 2.05) is 6.07 Å². The Kier molecular flexibility index (Phi) is 6.60. The SMILES string of the molecule is O=C(c1ccc(NS(=O)(=O)c2cccc([N+](=O)[O-])c2)cc1)N1CCCC1Cc1cccc(F)c1. The van der Waals surface area contributed by atoms with E-state index in [4.69, 9.17) is 0 Å². The average molecular weight is 484 g/mol. The summed E-state index contributed by atoms with van der Waals surface area (Å²) in [6.45, 7) is 0.597. The fourth-order valence-corrected chi connectivity index (χ4v) is 5.17. The molecule has 0 spiro atoms. The molecule has 1 N–H and O–H groups in total. The van der Waals surface area contributed by atoms with Crippen LogP contribution in [0.4, 0.5) is 15.8 Å². The van der Waals surface area contributed by atoms with Gasteiger partial charge in [0.25, 0.3) is 21.6 Å². The monoisotopic (exact) mass is 483 g/mol. The molecule has 1 heterocycles. The van der Waals surface area contributed by atoms with Gasteiger partial charge in [0.15, 0.2) is 0 Å². The molecule has 1 unspecified atom stereocenters. The second kappa shape index (κ2) is 9.60. The van der Waals surface area contributed by atoms with Gasteiger partial charge in [0.05, 0.1) is 9.82 Å². The lowest BCUT2D eigenvalue weighted by Gasteiger charge is -2.25. The third kappa shape index (κ3) is 5.23. The molecule has 176 valence electrons. The Morgan fingerprint density at radius 3 is 2.53 bits per heavy atom. The molecule has 1 atom stereocenters. The maximum absolute atomic E-state index is 13.5. The number of nitrogens with one attached hydrogen (secondary N) is 1. The molecule has 8 nitrogen and oxygen atoms in total. The van der Waals surface area contributed by atoms with Gasteiger partial charge in [0.2, 0.25) is 0 Å². The van der Waals surface area contributed by atoms with Crippen LogP contribution in [0.25, 0.3) is 0 Å². The van der Waals surface area contributed by atoms with E-state index in [0.29, 0.717) is 18.5 Å². The summed E-state index contributed by atoms with van der Waals surface area (Å²) in [4.78, 5) is 24.9. The third-order valence-electron chi connectivity index (χ3n) is 5.72. The van der Waals surface area contributed by atoms with Crippen molar-refractivity contribution >= 4 is 27.3 Å². The third-order valence-corrected chi connectivity index (χ3v) is 7.10. The van der Waals surface area contributed by atoms with Crippen LogP contribution < -0.4 is 4.72 Å². The Hall–Kier alpha value is -3.79. The molecular weight excluding hydrogens is 461 g/mol. The lowest BCUT2D eigenvalue weighted by Crippen LogP contribution is -2.36. The van der Waals surface area contributed by atoms with E-state index < -0.39 is 14.9 Å². The zero-order chi connectivity index (χ0) is 24.3. The van der Waals surface area contributed by atoms with Gasteiger partial charge in [-0.1, -0.05) is 18.2 Å². The number of hydrogen-bond donors (Lipinski definition) is 1. The second-order valence-electron chi connectivity index (χ2n) is 8.07. The molecule has 0 saturated carbocycles. The number of carbonyl (C=O) groups is 1. The summed E-state index contributed by atoms with van der Waals surface area (Å²) in [6, 6.07) is 17.1. The van der Waals surface area contributed by atoms with Crippen molar-refractivity contribution < 1.29 is 22.5 Å². The predicted molar refractivity (Wildman–Crippen MR) is 125 cm³/mol. The second-order valence-corrected chi connectivity index (χ2v) is 9.75. The Bertz CT molecular complexity index is 1330. The topological polar surface area (TPSA) is 110 Å². The molecule has 1 aliphatic heterocycles. The summed E-state index contributed by atoms with van der Waals surface area (Å²) in [5.74, 6) is -0.483. The highest BCUT2D eigenvalue weighted by molar-refractivity contribution is 7.92. The van der Waals surface area contributed by atoms with E-state index in [-0.39, 0.29) is 34.0 Å². The summed E-state index contributed by atoms with van der Waals surface area (Å²) in [5.41, 5.74) is 1.13. The van der Waals surface area contributed by atoms with Crippen LogP contribution in [-0.4, -0.2) is 36.7 Å². The highest BCUT2D eigenvalue weighted by atomic mass is 32.2. The van der Waals surface area contributed by atoms with Gasteiger partial charge in [-0.25, -0.2) is 12.8 Å². The highest BCUT2D eigenvalue weighted by Gasteiger charge is 2.29. The van der Waals surface area contributed by atoms with Gasteiger partial charge < -0.3 is 4.90 Å². The zero-order valence-corrected chi connectivity index (χ0v) is 18.9. The van der Waals surface area contributed by atoms with Crippen LogP contribution in [0.2, 0.25) is 0 Å². The van der Waals surface area contributed by atoms with E-state index in [9.17, 15) is 27.7 Å². The maximum Gasteiger partial charge on any atom is 0.270 e. The van der Waals surface area contributed by atoms with Crippen LogP contribution >= 0.6 is 0 Å². The number of benzene rings is 3. The number of likely N-dealkylation sites (tertiary alicyclic amines) is 1. The van der Waals surface area contributed by atoms with E-state index in [1.165, 1.54) is 54.6 Å². The smallest absolute Gasteiger partial charge is 0.270 e. The molecule has 0 aromatic heterocycles. The molecule has 10 heteroatoms. The van der Waals surface area contributed by atoms with Crippen LogP contribution in [-0.2, 0) is 16.4 Å². The van der Waals surface area contributed by atoms with E-state index in [0.717, 1.165) is 24.5 Å². The Morgan fingerprint density at radius 1 is 1.09 bits per heavy atom. The summed E-state index contributed by atoms with van der Waals surface area (Å²) in [7, 11) is -4.05. The first-order valence-corrected chi connectivity index (χ1v) is 12.1. The number of halogens is 1. The number of sulfonamides is 1. The average Bonchev–Trinajstić information content (AvgIpc) is 3.27. The van der Waals surface area contributed by atoms with Gasteiger partial charge in [-0.2, -0.15) is 0 Å². The fraction of sp³-hybridized carbons (Fsp3) is 0.208. The van der Waals surface area contributed by atoms with Gasteiger partial charge in [-0.3, -0.25) is 19.6 Å². The number of hydrogen-bond acceptors (Lipinski definition) is 5. The molecule has 4 rings (SSSR count). The Balaban J connectivity index is 1.46. The Labute approximate surface area is 196 Å². The summed E-state index contributed by atoms with van der Waals surface area (Å²) in [6.07, 6.45) is 2.24. The number of nitro benzene ring substituents is 1. The first kappa shape index (κ1) is 23.4. The van der Waals surface area contributed by atoms with E-state index >= 15 is 0 Å². The summed E-state index contributed by atoms with van der Waals surface area (Å²) in [5, 5.41) is 10.9. The van der Waals surface area contributed by atoms with Gasteiger partial charge in [-0.05, 0) is 67.3 Å². The van der Waals surface area contributed by atoms with Gasteiger partial charge in [0.1, 0.15) is 5.82 Å². The molecule has 3 aromatic carbocycles. The molecule has 3 aromatic rings. The standard InChI is InChI=1S/C24H22FN3O5S/c25-19-5-1-4-17(14-19)15-21-7-3-13-27(21)24(29)18-9-11-20(12-10-18)26-34(32,33)23-8-2-6-22(16-23)28(30)31/h1-2,4-6,8-12,14,16,21,26H,3,7,13,15H2. The first-order valence-electron chi connectivity index (χ1n) is 10.7. The number of carbonyl (C=O) groups excluding carboxylic acids is 1. The zero-order valence-electron chi connectivity index (χ0n) is 18.1. The fourth-order valence-electron chi connectivity index (χ4n) is 4.08. The Morgan fingerprint density at radius 2 is 1.82 bits per heavy atom. The van der Waals surface area contributed by atoms with Gasteiger partial charge >= 0.3 is 0 Å². The van der Waals surface area contributed by atoms with Crippen molar-refractivity contribution in [2.24, 2.45) is 0 Å². The molecule has 1 aliphatic rings. The van der Waals surface area contributed by atoms with Crippen LogP contribution in [0.3, 0.4) is 0 Å². The molecule has 1 saturated heterocycles. The van der Waals surface area contributed by atoms with Crippen molar-refractivity contribution in [2.75, 3.05) is 11.3 Å². The van der Waals surface area contributed by atoms with Crippen molar-refractivity contribution in [3.63, 3.8) is 0 Å². The van der Waals surface area contributed by atoms with E-state index in [1.54, 1.807) is 11.0 Å². The highest BCUT2D eigenvalue weighted by Crippen LogP contribution is 2.25. The minimum Gasteiger partial charge on any atom is -0.335 e. The van der Waals surface area contributed by atoms with Gasteiger partial charge in [0, 0.05) is 36.0 Å². The summed E-state index contributed by atoms with van der Waals surface area (Å²) >= 11 is 0. The molecule has 0 radical (unpaired) electrons. The quantitative estimate of drug-likeness (QED) is 0.396. The van der Waals surface area contributed by atoms with Crippen LogP contribution in [0.5, 0.6) is 0 Å². The first-order chi connectivity index (χ1) is 16.2. The molecule has 1 fully saturated rings. The lowest BCUT2D eigenvalue weighted by atomic mass is 10.0. The minimum atomic E-state index is -4.05.